The number of anilines is 1. The lowest BCUT2D eigenvalue weighted by molar-refractivity contribution is 0.381. The first-order chi connectivity index (χ1) is 14.6. The Morgan fingerprint density at radius 3 is 2.53 bits per heavy atom. The minimum atomic E-state index is -3.45. The summed E-state index contributed by atoms with van der Waals surface area (Å²) in [5.41, 5.74) is 2.04. The lowest BCUT2D eigenvalue weighted by atomic mass is 10.3. The molecule has 4 heterocycles. The predicted molar refractivity (Wildman–Crippen MR) is 110 cm³/mol. The maximum Gasteiger partial charge on any atom is 0.220 e. The third-order valence-electron chi connectivity index (χ3n) is 5.10. The van der Waals surface area contributed by atoms with Crippen molar-refractivity contribution in [2.75, 3.05) is 31.1 Å². The Labute approximate surface area is 172 Å². The first kappa shape index (κ1) is 18.7. The van der Waals surface area contributed by atoms with Gasteiger partial charge in [0.15, 0.2) is 5.65 Å². The molecule has 0 unspecified atom stereocenters. The highest BCUT2D eigenvalue weighted by atomic mass is 32.2. The van der Waals surface area contributed by atoms with Crippen LogP contribution in [0.2, 0.25) is 0 Å². The Kier molecular flexibility index (Phi) is 4.68. The largest absolute Gasteiger partial charge is 0.364 e. The summed E-state index contributed by atoms with van der Waals surface area (Å²) >= 11 is 0. The van der Waals surface area contributed by atoms with Crippen molar-refractivity contribution in [3.8, 4) is 5.69 Å². The van der Waals surface area contributed by atoms with Crippen molar-refractivity contribution in [1.82, 2.24) is 29.2 Å². The van der Waals surface area contributed by atoms with Crippen LogP contribution in [0.25, 0.3) is 16.7 Å². The highest BCUT2D eigenvalue weighted by molar-refractivity contribution is 7.88. The smallest absolute Gasteiger partial charge is 0.220 e. The van der Waals surface area contributed by atoms with Crippen LogP contribution in [0, 0.1) is 0 Å². The van der Waals surface area contributed by atoms with Gasteiger partial charge >= 0.3 is 0 Å². The van der Waals surface area contributed by atoms with Crippen LogP contribution in [0.4, 0.5) is 5.82 Å². The Morgan fingerprint density at radius 2 is 1.80 bits per heavy atom. The minimum absolute atomic E-state index is 0.162. The molecule has 0 radical (unpaired) electrons. The minimum Gasteiger partial charge on any atom is -0.364 e. The Hall–Kier alpha value is -3.31. The van der Waals surface area contributed by atoms with Gasteiger partial charge in [0.25, 0.3) is 0 Å². The number of benzene rings is 1. The first-order valence-electron chi connectivity index (χ1n) is 9.48. The van der Waals surface area contributed by atoms with E-state index in [1.165, 1.54) is 16.9 Å². The summed E-state index contributed by atoms with van der Waals surface area (Å²) in [6, 6.07) is 11.3. The molecule has 1 aliphatic heterocycles. The van der Waals surface area contributed by atoms with Gasteiger partial charge in [0.05, 0.1) is 23.0 Å². The number of aromatic nitrogens is 5. The second-order valence-corrected chi connectivity index (χ2v) is 8.93. The molecule has 1 saturated heterocycles. The molecule has 0 bridgehead atoms. The number of para-hydroxylation sites is 1. The van der Waals surface area contributed by atoms with E-state index >= 15 is 0 Å². The second kappa shape index (κ2) is 7.50. The fraction of sp³-hybridized carbons (Fsp3) is 0.263. The fourth-order valence-corrected chi connectivity index (χ4v) is 5.04. The van der Waals surface area contributed by atoms with E-state index in [9.17, 15) is 8.42 Å². The van der Waals surface area contributed by atoms with Gasteiger partial charge in [0.2, 0.25) is 10.0 Å². The summed E-state index contributed by atoms with van der Waals surface area (Å²) in [6.07, 6.45) is 4.65. The molecular formula is C19H19N7O3S. The van der Waals surface area contributed by atoms with Crippen LogP contribution in [0.5, 0.6) is 0 Å². The number of sulfonamides is 1. The third-order valence-corrected chi connectivity index (χ3v) is 6.91. The molecule has 0 saturated carbocycles. The maximum absolute atomic E-state index is 12.7. The number of piperazine rings is 1. The number of fused-ring (bicyclic) bond motifs is 1. The van der Waals surface area contributed by atoms with Crippen molar-refractivity contribution < 1.29 is 12.9 Å². The van der Waals surface area contributed by atoms with Crippen LogP contribution in [0.1, 0.15) is 5.69 Å². The number of hydrogen-bond donors (Lipinski definition) is 0. The van der Waals surface area contributed by atoms with E-state index in [0.29, 0.717) is 37.5 Å². The van der Waals surface area contributed by atoms with Crippen LogP contribution >= 0.6 is 0 Å². The zero-order valence-electron chi connectivity index (χ0n) is 16.0. The van der Waals surface area contributed by atoms with Crippen molar-refractivity contribution in [2.45, 2.75) is 5.75 Å². The molecule has 5 rings (SSSR count). The zero-order chi connectivity index (χ0) is 20.6. The third kappa shape index (κ3) is 3.42. The van der Waals surface area contributed by atoms with Crippen molar-refractivity contribution in [2.24, 2.45) is 0 Å². The van der Waals surface area contributed by atoms with E-state index in [-0.39, 0.29) is 5.75 Å². The van der Waals surface area contributed by atoms with E-state index in [1.807, 2.05) is 30.3 Å². The normalized spacial score (nSPS) is 15.7. The van der Waals surface area contributed by atoms with Crippen LogP contribution in [-0.2, 0) is 15.8 Å². The number of nitrogens with zero attached hydrogens (tertiary/aromatic N) is 7. The maximum atomic E-state index is 12.7. The van der Waals surface area contributed by atoms with Gasteiger partial charge in [0, 0.05) is 32.2 Å². The summed E-state index contributed by atoms with van der Waals surface area (Å²) in [5, 5.41) is 9.02. The van der Waals surface area contributed by atoms with Crippen molar-refractivity contribution >= 4 is 26.9 Å². The van der Waals surface area contributed by atoms with Crippen molar-refractivity contribution in [3.63, 3.8) is 0 Å². The summed E-state index contributed by atoms with van der Waals surface area (Å²) in [4.78, 5) is 10.9. The zero-order valence-corrected chi connectivity index (χ0v) is 16.8. The molecule has 1 aliphatic rings. The van der Waals surface area contributed by atoms with Gasteiger partial charge in [-0.15, -0.1) is 0 Å². The average Bonchev–Trinajstić information content (AvgIpc) is 3.44. The van der Waals surface area contributed by atoms with Crippen LogP contribution in [-0.4, -0.2) is 63.8 Å². The Balaban J connectivity index is 1.36. The van der Waals surface area contributed by atoms with Crippen LogP contribution in [0.3, 0.4) is 0 Å². The quantitative estimate of drug-likeness (QED) is 0.473. The monoisotopic (exact) mass is 425 g/mol. The molecule has 10 nitrogen and oxygen atoms in total. The molecule has 0 aliphatic carbocycles. The summed E-state index contributed by atoms with van der Waals surface area (Å²) < 4.78 is 33.3. The molecule has 1 aromatic carbocycles. The molecule has 0 atom stereocenters. The molecule has 4 aromatic rings. The number of rotatable bonds is 5. The lowest BCUT2D eigenvalue weighted by Crippen LogP contribution is -2.49. The molecule has 0 amide bonds. The van der Waals surface area contributed by atoms with Crippen molar-refractivity contribution in [1.29, 1.82) is 0 Å². The molecular weight excluding hydrogens is 406 g/mol. The van der Waals surface area contributed by atoms with E-state index in [0.717, 1.165) is 16.9 Å². The van der Waals surface area contributed by atoms with Gasteiger partial charge in [-0.1, -0.05) is 23.4 Å². The molecule has 0 N–H and O–H groups in total. The number of hydrogen-bond acceptors (Lipinski definition) is 8. The Bertz CT molecular complexity index is 1250. The van der Waals surface area contributed by atoms with Gasteiger partial charge in [-0.2, -0.15) is 9.40 Å². The molecule has 1 fully saturated rings. The van der Waals surface area contributed by atoms with Gasteiger partial charge in [-0.3, -0.25) is 0 Å². The summed E-state index contributed by atoms with van der Waals surface area (Å²) in [5.74, 6) is 0.598. The second-order valence-electron chi connectivity index (χ2n) is 6.96. The van der Waals surface area contributed by atoms with E-state index in [2.05, 4.69) is 25.1 Å². The molecule has 30 heavy (non-hydrogen) atoms. The van der Waals surface area contributed by atoms with Gasteiger partial charge in [0.1, 0.15) is 24.2 Å². The average molecular weight is 425 g/mol. The van der Waals surface area contributed by atoms with E-state index in [1.54, 1.807) is 16.9 Å². The topological polar surface area (TPSA) is 110 Å². The lowest BCUT2D eigenvalue weighted by Gasteiger charge is -2.34. The highest BCUT2D eigenvalue weighted by Gasteiger charge is 2.29. The van der Waals surface area contributed by atoms with Crippen LogP contribution < -0.4 is 4.90 Å². The van der Waals surface area contributed by atoms with Crippen LogP contribution in [0.15, 0.2) is 59.7 Å². The fourth-order valence-electron chi connectivity index (χ4n) is 3.61. The Morgan fingerprint density at radius 1 is 1.00 bits per heavy atom. The molecule has 0 spiro atoms. The first-order valence-corrected chi connectivity index (χ1v) is 11.1. The molecule has 3 aromatic heterocycles. The van der Waals surface area contributed by atoms with Gasteiger partial charge < -0.3 is 9.42 Å². The van der Waals surface area contributed by atoms with Gasteiger partial charge in [-0.25, -0.2) is 23.1 Å². The molecule has 11 heteroatoms. The summed E-state index contributed by atoms with van der Waals surface area (Å²) in [7, 11) is -3.45. The predicted octanol–water partition coefficient (Wildman–Crippen LogP) is 1.46. The molecule has 154 valence electrons. The SMILES string of the molecule is O=S(=O)(Cc1ccon1)N1CCN(c2ncnc3c2cnn3-c2ccccc2)CC1. The van der Waals surface area contributed by atoms with Crippen molar-refractivity contribution in [3.05, 3.63) is 60.9 Å². The van der Waals surface area contributed by atoms with Gasteiger partial charge in [-0.05, 0) is 12.1 Å². The summed E-state index contributed by atoms with van der Waals surface area (Å²) in [6.45, 7) is 1.80. The van der Waals surface area contributed by atoms with E-state index in [4.69, 9.17) is 4.52 Å². The highest BCUT2D eigenvalue weighted by Crippen LogP contribution is 2.26. The standard InChI is InChI=1S/C19H19N7O3S/c27-30(28,13-15-6-11-29-23-15)25-9-7-24(8-10-25)18-17-12-22-26(19(17)21-14-20-18)16-4-2-1-3-5-16/h1-6,11-12,14H,7-10,13H2. The van der Waals surface area contributed by atoms with E-state index < -0.39 is 10.0 Å².